The maximum Gasteiger partial charge on any atom is 0.0613 e. The molecule has 1 N–H and O–H groups in total. The highest BCUT2D eigenvalue weighted by atomic mass is 16.5. The predicted octanol–water partition coefficient (Wildman–Crippen LogP) is 3.69. The first-order chi connectivity index (χ1) is 7.81. The fourth-order valence-corrected chi connectivity index (χ4v) is 2.50. The second-order valence-corrected chi connectivity index (χ2v) is 6.52. The molecule has 1 atom stereocenters. The lowest BCUT2D eigenvalue weighted by molar-refractivity contribution is 0.0200. The van der Waals surface area contributed by atoms with E-state index in [-0.39, 0.29) is 0 Å². The van der Waals surface area contributed by atoms with E-state index in [1.807, 2.05) is 13.8 Å². The van der Waals surface area contributed by atoms with Gasteiger partial charge in [0.2, 0.25) is 0 Å². The zero-order chi connectivity index (χ0) is 12.9. The van der Waals surface area contributed by atoms with Gasteiger partial charge in [0, 0.05) is 13.2 Å². The molecular formula is C15H28O2. The van der Waals surface area contributed by atoms with Crippen molar-refractivity contribution in [2.75, 3.05) is 13.2 Å². The average Bonchev–Trinajstić information content (AvgIpc) is 2.14. The van der Waals surface area contributed by atoms with E-state index >= 15 is 0 Å². The monoisotopic (exact) mass is 240 g/mol. The molecule has 0 aromatic rings. The molecule has 0 bridgehead atoms. The zero-order valence-electron chi connectivity index (χ0n) is 11.7. The Balaban J connectivity index is 2.15. The summed E-state index contributed by atoms with van der Waals surface area (Å²) in [5.74, 6) is 0. The van der Waals surface area contributed by atoms with Gasteiger partial charge in [-0.15, -0.1) is 0 Å². The molecule has 1 saturated carbocycles. The highest BCUT2D eigenvalue weighted by Crippen LogP contribution is 2.40. The van der Waals surface area contributed by atoms with Crippen LogP contribution in [0.25, 0.3) is 0 Å². The van der Waals surface area contributed by atoms with Crippen molar-refractivity contribution in [2.45, 2.75) is 64.9 Å². The van der Waals surface area contributed by atoms with Gasteiger partial charge in [-0.25, -0.2) is 0 Å². The third kappa shape index (κ3) is 6.23. The smallest absolute Gasteiger partial charge is 0.0613 e. The molecule has 1 aliphatic carbocycles. The van der Waals surface area contributed by atoms with Crippen molar-refractivity contribution in [3.05, 3.63) is 12.2 Å². The van der Waals surface area contributed by atoms with Gasteiger partial charge in [-0.2, -0.15) is 0 Å². The Kier molecular flexibility index (Phi) is 5.21. The maximum absolute atomic E-state index is 9.56. The SMILES string of the molecule is C=C1CCC[C@@](C)(CCOCCC(C)(C)O)C1. The lowest BCUT2D eigenvalue weighted by atomic mass is 9.72. The molecule has 17 heavy (non-hydrogen) atoms. The van der Waals surface area contributed by atoms with Crippen molar-refractivity contribution >= 4 is 0 Å². The molecule has 1 aliphatic rings. The average molecular weight is 240 g/mol. The van der Waals surface area contributed by atoms with Crippen molar-refractivity contribution < 1.29 is 9.84 Å². The van der Waals surface area contributed by atoms with Crippen LogP contribution < -0.4 is 0 Å². The van der Waals surface area contributed by atoms with E-state index in [0.29, 0.717) is 18.4 Å². The molecule has 0 aromatic heterocycles. The Labute approximate surface area is 106 Å². The highest BCUT2D eigenvalue weighted by molar-refractivity contribution is 5.03. The van der Waals surface area contributed by atoms with Crippen LogP contribution in [-0.4, -0.2) is 23.9 Å². The highest BCUT2D eigenvalue weighted by Gasteiger charge is 2.28. The summed E-state index contributed by atoms with van der Waals surface area (Å²) in [6.07, 6.45) is 6.74. The number of allylic oxidation sites excluding steroid dienone is 1. The predicted molar refractivity (Wildman–Crippen MR) is 72.1 cm³/mol. The molecule has 0 saturated heterocycles. The number of hydrogen-bond donors (Lipinski definition) is 1. The Bertz CT molecular complexity index is 252. The Morgan fingerprint density at radius 2 is 2.12 bits per heavy atom. The summed E-state index contributed by atoms with van der Waals surface area (Å²) in [7, 11) is 0. The van der Waals surface area contributed by atoms with Crippen LogP contribution in [0.2, 0.25) is 0 Å². The largest absolute Gasteiger partial charge is 0.390 e. The number of ether oxygens (including phenoxy) is 1. The molecule has 0 aromatic carbocycles. The van der Waals surface area contributed by atoms with Crippen molar-refractivity contribution in [3.8, 4) is 0 Å². The Morgan fingerprint density at radius 3 is 2.71 bits per heavy atom. The third-order valence-electron chi connectivity index (χ3n) is 3.70. The van der Waals surface area contributed by atoms with E-state index in [9.17, 15) is 5.11 Å². The first-order valence-electron chi connectivity index (χ1n) is 6.78. The van der Waals surface area contributed by atoms with Crippen LogP contribution in [-0.2, 0) is 4.74 Å². The maximum atomic E-state index is 9.56. The van der Waals surface area contributed by atoms with Crippen LogP contribution in [0.1, 0.15) is 59.3 Å². The molecule has 0 radical (unpaired) electrons. The fourth-order valence-electron chi connectivity index (χ4n) is 2.50. The van der Waals surface area contributed by atoms with Crippen LogP contribution in [0.3, 0.4) is 0 Å². The molecule has 2 heteroatoms. The summed E-state index contributed by atoms with van der Waals surface area (Å²) >= 11 is 0. The summed E-state index contributed by atoms with van der Waals surface area (Å²) in [6, 6.07) is 0. The van der Waals surface area contributed by atoms with Gasteiger partial charge in [0.25, 0.3) is 0 Å². The molecule has 0 unspecified atom stereocenters. The summed E-state index contributed by atoms with van der Waals surface area (Å²) in [5, 5.41) is 9.56. The molecule has 0 aliphatic heterocycles. The van der Waals surface area contributed by atoms with E-state index < -0.39 is 5.60 Å². The first-order valence-corrected chi connectivity index (χ1v) is 6.78. The van der Waals surface area contributed by atoms with Crippen molar-refractivity contribution in [3.63, 3.8) is 0 Å². The van der Waals surface area contributed by atoms with Gasteiger partial charge in [0.05, 0.1) is 5.60 Å². The summed E-state index contributed by atoms with van der Waals surface area (Å²) in [4.78, 5) is 0. The second kappa shape index (κ2) is 6.01. The van der Waals surface area contributed by atoms with Gasteiger partial charge in [-0.1, -0.05) is 19.1 Å². The summed E-state index contributed by atoms with van der Waals surface area (Å²) in [6.45, 7) is 11.6. The molecule has 1 rings (SSSR count). The van der Waals surface area contributed by atoms with Gasteiger partial charge in [-0.3, -0.25) is 0 Å². The number of hydrogen-bond acceptors (Lipinski definition) is 2. The van der Waals surface area contributed by atoms with Gasteiger partial charge in [-0.05, 0) is 57.8 Å². The van der Waals surface area contributed by atoms with E-state index in [1.165, 1.54) is 24.8 Å². The summed E-state index contributed by atoms with van der Waals surface area (Å²) in [5.41, 5.74) is 1.18. The minimum Gasteiger partial charge on any atom is -0.390 e. The van der Waals surface area contributed by atoms with Gasteiger partial charge in [0.1, 0.15) is 0 Å². The Hall–Kier alpha value is -0.340. The molecule has 1 fully saturated rings. The zero-order valence-corrected chi connectivity index (χ0v) is 11.7. The molecule has 0 heterocycles. The molecule has 0 amide bonds. The van der Waals surface area contributed by atoms with Crippen LogP contribution in [0, 0.1) is 5.41 Å². The molecule has 0 spiro atoms. The van der Waals surface area contributed by atoms with Gasteiger partial charge >= 0.3 is 0 Å². The quantitative estimate of drug-likeness (QED) is 0.567. The minimum absolute atomic E-state index is 0.393. The number of aliphatic hydroxyl groups is 1. The lowest BCUT2D eigenvalue weighted by Crippen LogP contribution is -2.24. The Morgan fingerprint density at radius 1 is 1.41 bits per heavy atom. The van der Waals surface area contributed by atoms with Crippen LogP contribution in [0.4, 0.5) is 0 Å². The molecular weight excluding hydrogens is 212 g/mol. The second-order valence-electron chi connectivity index (χ2n) is 6.52. The first kappa shape index (κ1) is 14.7. The molecule has 2 nitrogen and oxygen atoms in total. The van der Waals surface area contributed by atoms with E-state index in [4.69, 9.17) is 4.74 Å². The minimum atomic E-state index is -0.608. The van der Waals surface area contributed by atoms with E-state index in [1.54, 1.807) is 0 Å². The van der Waals surface area contributed by atoms with Gasteiger partial charge < -0.3 is 9.84 Å². The van der Waals surface area contributed by atoms with Crippen LogP contribution >= 0.6 is 0 Å². The van der Waals surface area contributed by atoms with Crippen molar-refractivity contribution in [1.29, 1.82) is 0 Å². The van der Waals surface area contributed by atoms with E-state index in [0.717, 1.165) is 19.4 Å². The number of rotatable bonds is 6. The lowest BCUT2D eigenvalue weighted by Gasteiger charge is -2.34. The fraction of sp³-hybridized carbons (Fsp3) is 0.867. The van der Waals surface area contributed by atoms with Crippen molar-refractivity contribution in [2.24, 2.45) is 5.41 Å². The normalized spacial score (nSPS) is 26.2. The molecule has 100 valence electrons. The van der Waals surface area contributed by atoms with Crippen LogP contribution in [0.15, 0.2) is 12.2 Å². The van der Waals surface area contributed by atoms with Gasteiger partial charge in [0.15, 0.2) is 0 Å². The van der Waals surface area contributed by atoms with Crippen molar-refractivity contribution in [1.82, 2.24) is 0 Å². The topological polar surface area (TPSA) is 29.5 Å². The van der Waals surface area contributed by atoms with E-state index in [2.05, 4.69) is 13.5 Å². The van der Waals surface area contributed by atoms with Crippen LogP contribution in [0.5, 0.6) is 0 Å². The third-order valence-corrected chi connectivity index (χ3v) is 3.70. The standard InChI is InChI=1S/C15H28O2/c1-13-6-5-7-15(4,12-13)9-11-17-10-8-14(2,3)16/h16H,1,5-12H2,2-4H3/t15-/m0/s1. The summed E-state index contributed by atoms with van der Waals surface area (Å²) < 4.78 is 5.62.